The van der Waals surface area contributed by atoms with Crippen molar-refractivity contribution in [2.45, 2.75) is 23.5 Å². The zero-order valence-corrected chi connectivity index (χ0v) is 16.0. The number of amides is 2. The van der Waals surface area contributed by atoms with Crippen LogP contribution in [-0.2, 0) is 19.1 Å². The first-order valence-electron chi connectivity index (χ1n) is 8.20. The number of aryl methyl sites for hydroxylation is 1. The van der Waals surface area contributed by atoms with Crippen molar-refractivity contribution >= 4 is 52.5 Å². The van der Waals surface area contributed by atoms with Crippen molar-refractivity contribution in [2.75, 3.05) is 17.2 Å². The monoisotopic (exact) mass is 404 g/mol. The summed E-state index contributed by atoms with van der Waals surface area (Å²) in [6.07, 6.45) is -0.122. The van der Waals surface area contributed by atoms with Gasteiger partial charge in [-0.1, -0.05) is 29.8 Å². The zero-order chi connectivity index (χ0) is 19.4. The molecule has 0 bridgehead atoms. The smallest absolute Gasteiger partial charge is 0.307 e. The fraction of sp³-hybridized carbons (Fsp3) is 0.211. The highest BCUT2D eigenvalue weighted by Crippen LogP contribution is 2.36. The van der Waals surface area contributed by atoms with Crippen LogP contribution in [0.3, 0.4) is 0 Å². The Labute approximate surface area is 165 Å². The number of fused-ring (bicyclic) bond motifs is 1. The van der Waals surface area contributed by atoms with Gasteiger partial charge in [0.2, 0.25) is 5.91 Å². The van der Waals surface area contributed by atoms with Gasteiger partial charge >= 0.3 is 5.97 Å². The summed E-state index contributed by atoms with van der Waals surface area (Å²) in [6.45, 7) is 1.44. The number of esters is 1. The first kappa shape index (κ1) is 19.3. The van der Waals surface area contributed by atoms with E-state index in [2.05, 4.69) is 10.6 Å². The Morgan fingerprint density at radius 3 is 2.81 bits per heavy atom. The molecule has 140 valence electrons. The topological polar surface area (TPSA) is 84.5 Å². The maximum absolute atomic E-state index is 12.1. The molecule has 2 N–H and O–H groups in total. The third-order valence-corrected chi connectivity index (χ3v) is 5.41. The molecule has 2 amide bonds. The highest BCUT2D eigenvalue weighted by atomic mass is 35.5. The van der Waals surface area contributed by atoms with Crippen molar-refractivity contribution in [3.05, 3.63) is 53.1 Å². The second-order valence-electron chi connectivity index (χ2n) is 5.99. The molecule has 0 unspecified atom stereocenters. The Morgan fingerprint density at radius 2 is 2.04 bits per heavy atom. The Balaban J connectivity index is 1.49. The van der Waals surface area contributed by atoms with Gasteiger partial charge in [-0.05, 0) is 36.8 Å². The molecule has 6 nitrogen and oxygen atoms in total. The Hall–Kier alpha value is -2.51. The quantitative estimate of drug-likeness (QED) is 0.743. The van der Waals surface area contributed by atoms with Gasteiger partial charge in [-0.25, -0.2) is 0 Å². The predicted molar refractivity (Wildman–Crippen MR) is 105 cm³/mol. The number of halogens is 1. The molecule has 2 aromatic carbocycles. The minimum absolute atomic E-state index is 0.122. The summed E-state index contributed by atoms with van der Waals surface area (Å²) >= 11 is 7.36. The summed E-state index contributed by atoms with van der Waals surface area (Å²) in [5, 5.41) is 5.16. The molecule has 0 aliphatic carbocycles. The lowest BCUT2D eigenvalue weighted by Crippen LogP contribution is -2.32. The number of carbonyl (C=O) groups excluding carboxylic acids is 3. The van der Waals surface area contributed by atoms with E-state index >= 15 is 0 Å². The second-order valence-corrected chi connectivity index (χ2v) is 7.64. The number of thioether (sulfide) groups is 1. The highest BCUT2D eigenvalue weighted by molar-refractivity contribution is 8.01. The number of para-hydroxylation sites is 1. The number of ether oxygens (including phenoxy) is 1. The van der Waals surface area contributed by atoms with E-state index in [1.54, 1.807) is 18.2 Å². The molecule has 1 heterocycles. The van der Waals surface area contributed by atoms with Crippen LogP contribution in [0.1, 0.15) is 12.0 Å². The van der Waals surface area contributed by atoms with Gasteiger partial charge in [0.25, 0.3) is 5.91 Å². The zero-order valence-electron chi connectivity index (χ0n) is 14.5. The maximum atomic E-state index is 12.1. The van der Waals surface area contributed by atoms with E-state index in [1.807, 2.05) is 31.2 Å². The Kier molecular flexibility index (Phi) is 6.03. The van der Waals surface area contributed by atoms with E-state index in [-0.39, 0.29) is 12.3 Å². The molecule has 1 aliphatic rings. The van der Waals surface area contributed by atoms with E-state index in [4.69, 9.17) is 16.3 Å². The molecule has 0 fully saturated rings. The van der Waals surface area contributed by atoms with Crippen molar-refractivity contribution < 1.29 is 19.1 Å². The van der Waals surface area contributed by atoms with Gasteiger partial charge in [-0.15, -0.1) is 11.8 Å². The summed E-state index contributed by atoms with van der Waals surface area (Å²) < 4.78 is 4.99. The molecule has 2 aromatic rings. The minimum Gasteiger partial charge on any atom is -0.456 e. The first-order valence-corrected chi connectivity index (χ1v) is 9.46. The van der Waals surface area contributed by atoms with Gasteiger partial charge in [0.1, 0.15) is 0 Å². The molecule has 0 spiro atoms. The molecular formula is C19H17ClN2O4S. The van der Waals surface area contributed by atoms with Gasteiger partial charge in [0.15, 0.2) is 6.61 Å². The summed E-state index contributed by atoms with van der Waals surface area (Å²) in [4.78, 5) is 37.0. The van der Waals surface area contributed by atoms with Crippen LogP contribution in [0.15, 0.2) is 47.4 Å². The standard InChI is InChI=1S/C19H17ClN2O4S/c1-11-6-7-13(12(20)8-11)21-17(23)10-26-18(24)9-16-19(25)22-14-4-2-3-5-15(14)27-16/h2-8,16H,9-10H2,1H3,(H,21,23)(H,22,25)/t16-/m0/s1. The van der Waals surface area contributed by atoms with Crippen LogP contribution < -0.4 is 10.6 Å². The van der Waals surface area contributed by atoms with Crippen molar-refractivity contribution in [3.8, 4) is 0 Å². The number of rotatable bonds is 5. The number of nitrogens with one attached hydrogen (secondary N) is 2. The van der Waals surface area contributed by atoms with Crippen molar-refractivity contribution in [1.82, 2.24) is 0 Å². The van der Waals surface area contributed by atoms with Crippen molar-refractivity contribution in [1.29, 1.82) is 0 Å². The highest BCUT2D eigenvalue weighted by Gasteiger charge is 2.29. The molecule has 1 aliphatic heterocycles. The number of hydrogen-bond acceptors (Lipinski definition) is 5. The third kappa shape index (κ3) is 5.02. The van der Waals surface area contributed by atoms with Crippen LogP contribution in [0.4, 0.5) is 11.4 Å². The van der Waals surface area contributed by atoms with Gasteiger partial charge in [-0.2, -0.15) is 0 Å². The molecule has 3 rings (SSSR count). The molecule has 0 aromatic heterocycles. The second kappa shape index (κ2) is 8.45. The van der Waals surface area contributed by atoms with E-state index in [9.17, 15) is 14.4 Å². The molecule has 8 heteroatoms. The maximum Gasteiger partial charge on any atom is 0.307 e. The van der Waals surface area contributed by atoms with Gasteiger partial charge < -0.3 is 15.4 Å². The average molecular weight is 405 g/mol. The fourth-order valence-electron chi connectivity index (χ4n) is 2.49. The molecule has 0 radical (unpaired) electrons. The number of hydrogen-bond donors (Lipinski definition) is 2. The van der Waals surface area contributed by atoms with Crippen LogP contribution in [-0.4, -0.2) is 29.6 Å². The van der Waals surface area contributed by atoms with Crippen LogP contribution >= 0.6 is 23.4 Å². The Bertz CT molecular complexity index is 903. The van der Waals surface area contributed by atoms with Crippen LogP contribution in [0.25, 0.3) is 0 Å². The number of carbonyl (C=O) groups is 3. The van der Waals surface area contributed by atoms with Crippen LogP contribution in [0, 0.1) is 6.92 Å². The lowest BCUT2D eigenvalue weighted by molar-refractivity contribution is -0.147. The molecule has 27 heavy (non-hydrogen) atoms. The summed E-state index contributed by atoms with van der Waals surface area (Å²) in [5.74, 6) is -1.38. The fourth-order valence-corrected chi connectivity index (χ4v) is 3.87. The van der Waals surface area contributed by atoms with Crippen LogP contribution in [0.5, 0.6) is 0 Å². The lowest BCUT2D eigenvalue weighted by atomic mass is 10.2. The van der Waals surface area contributed by atoms with E-state index < -0.39 is 23.7 Å². The van der Waals surface area contributed by atoms with Gasteiger partial charge in [0.05, 0.1) is 28.1 Å². The number of anilines is 2. The van der Waals surface area contributed by atoms with E-state index in [1.165, 1.54) is 11.8 Å². The summed E-state index contributed by atoms with van der Waals surface area (Å²) in [6, 6.07) is 12.6. The lowest BCUT2D eigenvalue weighted by Gasteiger charge is -2.23. The van der Waals surface area contributed by atoms with Crippen molar-refractivity contribution in [2.24, 2.45) is 0 Å². The molecule has 0 saturated heterocycles. The van der Waals surface area contributed by atoms with E-state index in [0.717, 1.165) is 16.1 Å². The van der Waals surface area contributed by atoms with Crippen molar-refractivity contribution in [3.63, 3.8) is 0 Å². The molecular weight excluding hydrogens is 388 g/mol. The van der Waals surface area contributed by atoms with Gasteiger partial charge in [0, 0.05) is 4.90 Å². The normalized spacial score (nSPS) is 15.5. The Morgan fingerprint density at radius 1 is 1.26 bits per heavy atom. The first-order chi connectivity index (χ1) is 12.9. The summed E-state index contributed by atoms with van der Waals surface area (Å²) in [5.41, 5.74) is 2.14. The molecule has 0 saturated carbocycles. The largest absolute Gasteiger partial charge is 0.456 e. The average Bonchev–Trinajstić information content (AvgIpc) is 2.63. The van der Waals surface area contributed by atoms with E-state index in [0.29, 0.717) is 10.7 Å². The third-order valence-electron chi connectivity index (χ3n) is 3.82. The van der Waals surface area contributed by atoms with Gasteiger partial charge in [-0.3, -0.25) is 14.4 Å². The van der Waals surface area contributed by atoms with Crippen LogP contribution in [0.2, 0.25) is 5.02 Å². The SMILES string of the molecule is Cc1ccc(NC(=O)COC(=O)C[C@@H]2Sc3ccccc3NC2=O)c(Cl)c1. The number of benzene rings is 2. The summed E-state index contributed by atoms with van der Waals surface area (Å²) in [7, 11) is 0. The minimum atomic E-state index is -0.618. The molecule has 1 atom stereocenters. The predicted octanol–water partition coefficient (Wildman–Crippen LogP) is 3.63.